The van der Waals surface area contributed by atoms with E-state index in [1.807, 2.05) is 13.8 Å². The molecule has 2 unspecified atom stereocenters. The Morgan fingerprint density at radius 3 is 2.33 bits per heavy atom. The minimum absolute atomic E-state index is 0.0749. The van der Waals surface area contributed by atoms with Crippen molar-refractivity contribution in [2.75, 3.05) is 7.05 Å². The van der Waals surface area contributed by atoms with Crippen LogP contribution >= 0.6 is 0 Å². The van der Waals surface area contributed by atoms with E-state index in [1.165, 1.54) is 18.9 Å². The third kappa shape index (κ3) is 4.67. The van der Waals surface area contributed by atoms with Crippen LogP contribution in [-0.4, -0.2) is 41.1 Å². The molecule has 0 saturated heterocycles. The van der Waals surface area contributed by atoms with Crippen LogP contribution in [-0.2, 0) is 4.79 Å². The van der Waals surface area contributed by atoms with Gasteiger partial charge >= 0.3 is 12.0 Å². The maximum Gasteiger partial charge on any atom is 0.326 e. The Morgan fingerprint density at radius 1 is 1.40 bits per heavy atom. The maximum absolute atomic E-state index is 11.5. The third-order valence-corrected chi connectivity index (χ3v) is 2.35. The molecule has 0 spiro atoms. The largest absolute Gasteiger partial charge is 0.480 e. The fourth-order valence-electron chi connectivity index (χ4n) is 1.16. The molecule has 0 saturated carbocycles. The molecule has 5 heteroatoms. The van der Waals surface area contributed by atoms with E-state index in [1.54, 1.807) is 0 Å². The zero-order valence-corrected chi connectivity index (χ0v) is 9.78. The lowest BCUT2D eigenvalue weighted by atomic mass is 10.2. The molecule has 5 nitrogen and oxygen atoms in total. The second-order valence-corrected chi connectivity index (χ2v) is 3.76. The molecule has 0 heterocycles. The highest BCUT2D eigenvalue weighted by atomic mass is 16.4. The summed E-state index contributed by atoms with van der Waals surface area (Å²) < 4.78 is 0. The summed E-state index contributed by atoms with van der Waals surface area (Å²) >= 11 is 0. The van der Waals surface area contributed by atoms with Gasteiger partial charge in [-0.2, -0.15) is 0 Å². The van der Waals surface area contributed by atoms with Gasteiger partial charge in [0.25, 0.3) is 0 Å². The van der Waals surface area contributed by atoms with E-state index in [0.717, 1.165) is 12.8 Å². The summed E-state index contributed by atoms with van der Waals surface area (Å²) in [5, 5.41) is 11.5. The number of carboxylic acid groups (broad SMARTS) is 1. The highest BCUT2D eigenvalue weighted by Crippen LogP contribution is 1.99. The Morgan fingerprint density at radius 2 is 1.93 bits per heavy atom. The zero-order chi connectivity index (χ0) is 12.0. The van der Waals surface area contributed by atoms with Crippen molar-refractivity contribution in [1.29, 1.82) is 0 Å². The van der Waals surface area contributed by atoms with Crippen LogP contribution < -0.4 is 5.32 Å². The van der Waals surface area contributed by atoms with Gasteiger partial charge in [0.1, 0.15) is 6.04 Å². The highest BCUT2D eigenvalue weighted by molar-refractivity contribution is 5.82. The van der Waals surface area contributed by atoms with Crippen molar-refractivity contribution in [3.8, 4) is 0 Å². The minimum atomic E-state index is -1.00. The number of carbonyl (C=O) groups is 2. The molecule has 0 aromatic heterocycles. The number of carboxylic acids is 1. The van der Waals surface area contributed by atoms with Crippen LogP contribution in [0.4, 0.5) is 4.79 Å². The van der Waals surface area contributed by atoms with Gasteiger partial charge in [0.05, 0.1) is 0 Å². The van der Waals surface area contributed by atoms with Gasteiger partial charge in [-0.3, -0.25) is 0 Å². The van der Waals surface area contributed by atoms with Crippen molar-refractivity contribution in [3.63, 3.8) is 0 Å². The van der Waals surface area contributed by atoms with E-state index < -0.39 is 12.0 Å². The number of rotatable bonds is 5. The van der Waals surface area contributed by atoms with Crippen LogP contribution in [0.1, 0.15) is 33.6 Å². The molecule has 88 valence electrons. The molecule has 2 amide bonds. The van der Waals surface area contributed by atoms with Crippen LogP contribution in [0.25, 0.3) is 0 Å². The van der Waals surface area contributed by atoms with Gasteiger partial charge < -0.3 is 15.3 Å². The fourth-order valence-corrected chi connectivity index (χ4v) is 1.16. The first-order valence-corrected chi connectivity index (χ1v) is 5.16. The van der Waals surface area contributed by atoms with Crippen LogP contribution in [0.3, 0.4) is 0 Å². The quantitative estimate of drug-likeness (QED) is 0.727. The molecule has 0 rings (SSSR count). The lowest BCUT2D eigenvalue weighted by Crippen LogP contribution is -2.48. The number of aliphatic carboxylic acids is 1. The number of carbonyl (C=O) groups excluding carboxylic acids is 1. The molecule has 0 aromatic carbocycles. The number of hydrogen-bond donors (Lipinski definition) is 2. The summed E-state index contributed by atoms with van der Waals surface area (Å²) in [5.74, 6) is -1.00. The molecular formula is C10H20N2O3. The first kappa shape index (κ1) is 13.7. The average Bonchev–Trinajstić information content (AvgIpc) is 2.15. The number of likely N-dealkylation sites (N-methyl/N-ethyl adjacent to an activating group) is 1. The molecule has 2 N–H and O–H groups in total. The van der Waals surface area contributed by atoms with E-state index in [2.05, 4.69) is 5.32 Å². The summed E-state index contributed by atoms with van der Waals surface area (Å²) in [4.78, 5) is 23.3. The van der Waals surface area contributed by atoms with E-state index in [4.69, 9.17) is 5.11 Å². The van der Waals surface area contributed by atoms with Crippen LogP contribution in [0.2, 0.25) is 0 Å². The number of urea groups is 1. The van der Waals surface area contributed by atoms with Gasteiger partial charge in [0.15, 0.2) is 0 Å². The minimum Gasteiger partial charge on any atom is -0.480 e. The first-order chi connectivity index (χ1) is 6.90. The van der Waals surface area contributed by atoms with Gasteiger partial charge in [-0.1, -0.05) is 13.3 Å². The van der Waals surface area contributed by atoms with Crippen LogP contribution in [0.5, 0.6) is 0 Å². The molecule has 0 aliphatic heterocycles. The lowest BCUT2D eigenvalue weighted by molar-refractivity contribution is -0.141. The summed E-state index contributed by atoms with van der Waals surface area (Å²) in [7, 11) is 1.48. The first-order valence-electron chi connectivity index (χ1n) is 5.16. The molecule has 0 radical (unpaired) electrons. The van der Waals surface area contributed by atoms with Crippen LogP contribution in [0, 0.1) is 0 Å². The van der Waals surface area contributed by atoms with E-state index in [-0.39, 0.29) is 12.1 Å². The maximum atomic E-state index is 11.5. The average molecular weight is 216 g/mol. The normalized spacial score (nSPS) is 14.1. The van der Waals surface area contributed by atoms with Crippen molar-refractivity contribution in [1.82, 2.24) is 10.2 Å². The summed E-state index contributed by atoms with van der Waals surface area (Å²) in [5.41, 5.74) is 0. The summed E-state index contributed by atoms with van der Waals surface area (Å²) in [6.07, 6.45) is 1.88. The molecule has 2 atom stereocenters. The van der Waals surface area contributed by atoms with Gasteiger partial charge in [0.2, 0.25) is 0 Å². The zero-order valence-electron chi connectivity index (χ0n) is 9.78. The van der Waals surface area contributed by atoms with Gasteiger partial charge in [-0.15, -0.1) is 0 Å². The van der Waals surface area contributed by atoms with Crippen LogP contribution in [0.15, 0.2) is 0 Å². The smallest absolute Gasteiger partial charge is 0.326 e. The van der Waals surface area contributed by atoms with Crippen molar-refractivity contribution in [3.05, 3.63) is 0 Å². The second-order valence-electron chi connectivity index (χ2n) is 3.76. The molecule has 15 heavy (non-hydrogen) atoms. The number of nitrogens with zero attached hydrogens (tertiary/aromatic N) is 1. The SMILES string of the molecule is CCCC(C)NC(=O)N(C)C(C)C(=O)O. The number of hydrogen-bond acceptors (Lipinski definition) is 2. The van der Waals surface area contributed by atoms with Crippen molar-refractivity contribution in [2.45, 2.75) is 45.7 Å². The van der Waals surface area contributed by atoms with Gasteiger partial charge in [-0.05, 0) is 20.3 Å². The van der Waals surface area contributed by atoms with E-state index in [0.29, 0.717) is 0 Å². The monoisotopic (exact) mass is 216 g/mol. The third-order valence-electron chi connectivity index (χ3n) is 2.35. The molecule has 0 fully saturated rings. The van der Waals surface area contributed by atoms with E-state index in [9.17, 15) is 9.59 Å². The van der Waals surface area contributed by atoms with E-state index >= 15 is 0 Å². The molecule has 0 bridgehead atoms. The Bertz CT molecular complexity index is 231. The molecular weight excluding hydrogens is 196 g/mol. The Kier molecular flexibility index (Phi) is 5.74. The predicted molar refractivity (Wildman–Crippen MR) is 57.8 cm³/mol. The molecule has 0 aliphatic rings. The number of amides is 2. The fraction of sp³-hybridized carbons (Fsp3) is 0.800. The van der Waals surface area contributed by atoms with Gasteiger partial charge in [0, 0.05) is 13.1 Å². The topological polar surface area (TPSA) is 69.6 Å². The molecule has 0 aromatic rings. The van der Waals surface area contributed by atoms with Crippen molar-refractivity contribution < 1.29 is 14.7 Å². The highest BCUT2D eigenvalue weighted by Gasteiger charge is 2.22. The summed E-state index contributed by atoms with van der Waals surface area (Å²) in [6.45, 7) is 5.42. The van der Waals surface area contributed by atoms with Crippen molar-refractivity contribution >= 4 is 12.0 Å². The lowest BCUT2D eigenvalue weighted by Gasteiger charge is -2.24. The Hall–Kier alpha value is -1.26. The number of nitrogens with one attached hydrogen (secondary N) is 1. The second kappa shape index (κ2) is 6.27. The Labute approximate surface area is 90.5 Å². The Balaban J connectivity index is 4.15. The predicted octanol–water partition coefficient (Wildman–Crippen LogP) is 1.29. The molecule has 0 aliphatic carbocycles. The summed E-state index contributed by atoms with van der Waals surface area (Å²) in [6, 6.07) is -1.07. The standard InChI is InChI=1S/C10H20N2O3/c1-5-6-7(2)11-10(15)12(4)8(3)9(13)14/h7-8H,5-6H2,1-4H3,(H,11,15)(H,13,14). The van der Waals surface area contributed by atoms with Gasteiger partial charge in [-0.25, -0.2) is 9.59 Å². The van der Waals surface area contributed by atoms with Crippen molar-refractivity contribution in [2.24, 2.45) is 0 Å².